The SMILES string of the molecule is CC(=O)NC12CCC(C(=O)N[C@H]3CC[C@H](Oc4cc(=O)n(C)cc4Br)CC3)(C1)C2. The van der Waals surface area contributed by atoms with E-state index in [2.05, 4.69) is 26.6 Å². The first-order chi connectivity index (χ1) is 13.7. The smallest absolute Gasteiger partial charge is 0.254 e. The van der Waals surface area contributed by atoms with Gasteiger partial charge in [0.1, 0.15) is 5.75 Å². The fourth-order valence-electron chi connectivity index (χ4n) is 5.39. The molecule has 1 heterocycles. The first-order valence-corrected chi connectivity index (χ1v) is 11.1. The van der Waals surface area contributed by atoms with Crippen LogP contribution in [-0.4, -0.2) is 34.1 Å². The zero-order valence-corrected chi connectivity index (χ0v) is 18.5. The number of hydrogen-bond donors (Lipinski definition) is 2. The van der Waals surface area contributed by atoms with Crippen LogP contribution in [0, 0.1) is 5.41 Å². The Hall–Kier alpha value is -1.83. The topological polar surface area (TPSA) is 89.4 Å². The van der Waals surface area contributed by atoms with Gasteiger partial charge in [-0.1, -0.05) is 0 Å². The third-order valence-electron chi connectivity index (χ3n) is 6.81. The van der Waals surface area contributed by atoms with E-state index in [4.69, 9.17) is 4.74 Å². The standard InChI is InChI=1S/C21H28BrN3O4/c1-13(26)24-21-8-7-20(11-21,12-21)19(28)23-14-3-5-15(6-4-14)29-17-9-18(27)25(2)10-16(17)22/h9-10,14-15H,3-8,11-12H2,1-2H3,(H,23,28)(H,24,26)/t14-,15-,20?,21?. The Morgan fingerprint density at radius 2 is 1.90 bits per heavy atom. The van der Waals surface area contributed by atoms with Gasteiger partial charge in [0.05, 0.1) is 16.0 Å². The average molecular weight is 466 g/mol. The predicted molar refractivity (Wildman–Crippen MR) is 112 cm³/mol. The Morgan fingerprint density at radius 3 is 2.55 bits per heavy atom. The van der Waals surface area contributed by atoms with E-state index >= 15 is 0 Å². The van der Waals surface area contributed by atoms with Crippen molar-refractivity contribution < 1.29 is 14.3 Å². The van der Waals surface area contributed by atoms with Crippen LogP contribution in [0.15, 0.2) is 21.5 Å². The normalized spacial score (nSPS) is 32.9. The summed E-state index contributed by atoms with van der Waals surface area (Å²) in [7, 11) is 1.71. The summed E-state index contributed by atoms with van der Waals surface area (Å²) < 4.78 is 8.31. The van der Waals surface area contributed by atoms with Crippen molar-refractivity contribution in [2.45, 2.75) is 76.0 Å². The fraction of sp³-hybridized carbons (Fsp3) is 0.667. The molecule has 4 aliphatic rings. The largest absolute Gasteiger partial charge is 0.489 e. The van der Waals surface area contributed by atoms with Crippen LogP contribution in [0.4, 0.5) is 0 Å². The number of nitrogens with one attached hydrogen (secondary N) is 2. The lowest BCUT2D eigenvalue weighted by Crippen LogP contribution is -2.60. The van der Waals surface area contributed by atoms with Gasteiger partial charge in [-0.2, -0.15) is 0 Å². The van der Waals surface area contributed by atoms with Crippen LogP contribution in [0.5, 0.6) is 5.75 Å². The highest BCUT2D eigenvalue weighted by Gasteiger charge is 2.64. The molecular formula is C21H28BrN3O4. The molecule has 8 heteroatoms. The van der Waals surface area contributed by atoms with Crippen molar-refractivity contribution in [2.75, 3.05) is 0 Å². The average Bonchev–Trinajstić information content (AvgIpc) is 3.17. The maximum absolute atomic E-state index is 12.9. The van der Waals surface area contributed by atoms with Crippen molar-refractivity contribution >= 4 is 27.7 Å². The first kappa shape index (κ1) is 20.4. The van der Waals surface area contributed by atoms with Gasteiger partial charge in [-0.25, -0.2) is 0 Å². The highest BCUT2D eigenvalue weighted by atomic mass is 79.9. The van der Waals surface area contributed by atoms with Gasteiger partial charge in [-0.05, 0) is 67.3 Å². The van der Waals surface area contributed by atoms with Gasteiger partial charge < -0.3 is 19.9 Å². The van der Waals surface area contributed by atoms with E-state index in [1.54, 1.807) is 20.2 Å². The Balaban J connectivity index is 1.27. The first-order valence-electron chi connectivity index (χ1n) is 10.3. The van der Waals surface area contributed by atoms with Gasteiger partial charge in [0.2, 0.25) is 11.8 Å². The molecule has 1 aromatic rings. The summed E-state index contributed by atoms with van der Waals surface area (Å²) in [6, 6.07) is 1.68. The van der Waals surface area contributed by atoms with Gasteiger partial charge >= 0.3 is 0 Å². The van der Waals surface area contributed by atoms with Crippen molar-refractivity contribution in [3.63, 3.8) is 0 Å². The van der Waals surface area contributed by atoms with Crippen LogP contribution in [0.25, 0.3) is 0 Å². The number of aromatic nitrogens is 1. The van der Waals surface area contributed by atoms with Gasteiger partial charge in [0, 0.05) is 37.8 Å². The second-order valence-electron chi connectivity index (χ2n) is 9.10. The lowest BCUT2D eigenvalue weighted by Gasteiger charge is -2.47. The number of halogens is 1. The summed E-state index contributed by atoms with van der Waals surface area (Å²) >= 11 is 3.45. The molecule has 2 amide bonds. The predicted octanol–water partition coefficient (Wildman–Crippen LogP) is 2.40. The van der Waals surface area contributed by atoms with E-state index in [1.165, 1.54) is 10.6 Å². The zero-order valence-electron chi connectivity index (χ0n) is 16.9. The number of amides is 2. The molecule has 0 aromatic carbocycles. The molecule has 0 radical (unpaired) electrons. The van der Waals surface area contributed by atoms with Crippen LogP contribution in [0.3, 0.4) is 0 Å². The maximum Gasteiger partial charge on any atom is 0.254 e. The Kier molecular flexibility index (Phi) is 5.25. The molecule has 2 bridgehead atoms. The van der Waals surface area contributed by atoms with Gasteiger partial charge in [0.15, 0.2) is 0 Å². The van der Waals surface area contributed by atoms with Gasteiger partial charge in [0.25, 0.3) is 5.56 Å². The van der Waals surface area contributed by atoms with Crippen LogP contribution >= 0.6 is 15.9 Å². The highest BCUT2D eigenvalue weighted by molar-refractivity contribution is 9.10. The molecule has 0 saturated heterocycles. The third-order valence-corrected chi connectivity index (χ3v) is 7.40. The molecule has 7 nitrogen and oxygen atoms in total. The molecular weight excluding hydrogens is 438 g/mol. The molecule has 0 aliphatic heterocycles. The van der Waals surface area contributed by atoms with E-state index in [-0.39, 0.29) is 40.5 Å². The number of pyridine rings is 1. The lowest BCUT2D eigenvalue weighted by atomic mass is 9.64. The van der Waals surface area contributed by atoms with Crippen molar-refractivity contribution in [2.24, 2.45) is 12.5 Å². The van der Waals surface area contributed by atoms with Gasteiger partial charge in [-0.15, -0.1) is 0 Å². The molecule has 4 aliphatic carbocycles. The monoisotopic (exact) mass is 465 g/mol. The van der Waals surface area contributed by atoms with E-state index in [0.29, 0.717) is 5.75 Å². The number of fused-ring (bicyclic) bond motifs is 1. The van der Waals surface area contributed by atoms with Crippen LogP contribution < -0.4 is 20.9 Å². The number of nitrogens with zero attached hydrogens (tertiary/aromatic N) is 1. The number of hydrogen-bond acceptors (Lipinski definition) is 4. The number of ether oxygens (including phenoxy) is 1. The minimum atomic E-state index is -0.287. The van der Waals surface area contributed by atoms with Crippen LogP contribution in [0.2, 0.25) is 0 Å². The second kappa shape index (κ2) is 7.45. The van der Waals surface area contributed by atoms with Crippen LogP contribution in [0.1, 0.15) is 58.3 Å². The molecule has 29 heavy (non-hydrogen) atoms. The quantitative estimate of drug-likeness (QED) is 0.698. The summed E-state index contributed by atoms with van der Waals surface area (Å²) in [4.78, 5) is 36.1. The Morgan fingerprint density at radius 1 is 1.21 bits per heavy atom. The molecule has 4 fully saturated rings. The zero-order chi connectivity index (χ0) is 20.8. The highest BCUT2D eigenvalue weighted by Crippen LogP contribution is 2.61. The van der Waals surface area contributed by atoms with Crippen molar-refractivity contribution in [3.05, 3.63) is 27.1 Å². The van der Waals surface area contributed by atoms with E-state index in [9.17, 15) is 14.4 Å². The lowest BCUT2D eigenvalue weighted by molar-refractivity contribution is -0.139. The molecule has 0 atom stereocenters. The minimum absolute atomic E-state index is 0.0119. The summed E-state index contributed by atoms with van der Waals surface area (Å²) in [5.74, 6) is 0.714. The van der Waals surface area contributed by atoms with Gasteiger partial charge in [-0.3, -0.25) is 14.4 Å². The molecule has 158 valence electrons. The second-order valence-corrected chi connectivity index (χ2v) is 9.95. The van der Waals surface area contributed by atoms with Crippen molar-refractivity contribution in [1.29, 1.82) is 0 Å². The minimum Gasteiger partial charge on any atom is -0.489 e. The summed E-state index contributed by atoms with van der Waals surface area (Å²) in [5.41, 5.74) is -0.532. The number of carbonyl (C=O) groups is 2. The fourth-order valence-corrected chi connectivity index (χ4v) is 5.90. The molecule has 5 rings (SSSR count). The van der Waals surface area contributed by atoms with E-state index < -0.39 is 0 Å². The van der Waals surface area contributed by atoms with Crippen LogP contribution in [-0.2, 0) is 16.6 Å². The molecule has 4 saturated carbocycles. The molecule has 2 N–H and O–H groups in total. The summed E-state index contributed by atoms with van der Waals surface area (Å²) in [6.07, 6.45) is 8.46. The van der Waals surface area contributed by atoms with Crippen molar-refractivity contribution in [1.82, 2.24) is 15.2 Å². The molecule has 1 aromatic heterocycles. The Labute approximate surface area is 178 Å². The summed E-state index contributed by atoms with van der Waals surface area (Å²) in [5, 5.41) is 6.30. The number of aryl methyl sites for hydroxylation is 1. The summed E-state index contributed by atoms with van der Waals surface area (Å²) in [6.45, 7) is 1.54. The molecule has 0 unspecified atom stereocenters. The third kappa shape index (κ3) is 3.96. The van der Waals surface area contributed by atoms with E-state index in [1.807, 2.05) is 0 Å². The number of carbonyl (C=O) groups excluding carboxylic acids is 2. The number of rotatable bonds is 5. The van der Waals surface area contributed by atoms with Crippen molar-refractivity contribution in [3.8, 4) is 5.75 Å². The van der Waals surface area contributed by atoms with E-state index in [0.717, 1.165) is 55.8 Å². The maximum atomic E-state index is 12.9. The molecule has 0 spiro atoms. The Bertz CT molecular complexity index is 882.